The van der Waals surface area contributed by atoms with Crippen LogP contribution in [0.4, 0.5) is 0 Å². The highest BCUT2D eigenvalue weighted by atomic mass is 32.2. The minimum atomic E-state index is -4.13. The third kappa shape index (κ3) is 9.64. The largest absolute Gasteiger partial charge is 0.748 e. The van der Waals surface area contributed by atoms with Gasteiger partial charge in [-0.1, -0.05) is 43.7 Å². The van der Waals surface area contributed by atoms with Crippen molar-refractivity contribution in [3.8, 4) is 0 Å². The van der Waals surface area contributed by atoms with Gasteiger partial charge in [0.2, 0.25) is 0 Å². The fourth-order valence-corrected chi connectivity index (χ4v) is 1.63. The molecule has 3 N–H and O–H groups in total. The summed E-state index contributed by atoms with van der Waals surface area (Å²) in [7, 11) is -4.13. The molecule has 1 rings (SSSR count). The number of unbranched alkanes of at least 4 members (excludes halogenated alkanes) is 1. The van der Waals surface area contributed by atoms with Crippen LogP contribution < -0.4 is 5.73 Å². The number of rotatable bonds is 4. The van der Waals surface area contributed by atoms with Gasteiger partial charge in [-0.25, -0.2) is 8.42 Å². The summed E-state index contributed by atoms with van der Waals surface area (Å²) in [5.74, 6) is -0.423. The van der Waals surface area contributed by atoms with Crippen molar-refractivity contribution in [1.82, 2.24) is 0 Å². The molecule has 0 saturated heterocycles. The molecule has 0 heterocycles. The lowest BCUT2D eigenvalue weighted by Crippen LogP contribution is -2.49. The van der Waals surface area contributed by atoms with E-state index in [1.165, 1.54) is 12.8 Å². The highest BCUT2D eigenvalue weighted by molar-refractivity contribution is 7.84. The van der Waals surface area contributed by atoms with E-state index in [9.17, 15) is 13.0 Å². The summed E-state index contributed by atoms with van der Waals surface area (Å²) in [6, 6.07) is 8.37. The molecule has 0 bridgehead atoms. The standard InChI is InChI=1S/C7H8O3S.C4H11N/c8-11(9,10)6-7-4-2-1-3-5-7;1-2-3-4-5/h1-5H,6H2,(H,8,9,10);2-5H2,1H3. The summed E-state index contributed by atoms with van der Waals surface area (Å²) in [5, 5.41) is 0. The van der Waals surface area contributed by atoms with Crippen molar-refractivity contribution in [2.45, 2.75) is 25.5 Å². The fraction of sp³-hybridized carbons (Fsp3) is 0.455. The summed E-state index contributed by atoms with van der Waals surface area (Å²) in [6.45, 7) is 3.27. The van der Waals surface area contributed by atoms with Crippen molar-refractivity contribution in [1.29, 1.82) is 0 Å². The van der Waals surface area contributed by atoms with E-state index in [2.05, 4.69) is 12.7 Å². The minimum absolute atomic E-state index is 0.423. The van der Waals surface area contributed by atoms with E-state index in [0.717, 1.165) is 6.54 Å². The van der Waals surface area contributed by atoms with Crippen LogP contribution in [-0.4, -0.2) is 19.5 Å². The molecule has 0 fully saturated rings. The van der Waals surface area contributed by atoms with E-state index >= 15 is 0 Å². The molecule has 0 aliphatic heterocycles. The molecule has 0 unspecified atom stereocenters. The predicted octanol–water partition coefficient (Wildman–Crippen LogP) is 0.760. The van der Waals surface area contributed by atoms with Crippen LogP contribution in [0.1, 0.15) is 25.3 Å². The van der Waals surface area contributed by atoms with E-state index in [0.29, 0.717) is 5.56 Å². The van der Waals surface area contributed by atoms with Crippen molar-refractivity contribution in [2.75, 3.05) is 6.54 Å². The quantitative estimate of drug-likeness (QED) is 0.795. The third-order valence-corrected chi connectivity index (χ3v) is 2.48. The summed E-state index contributed by atoms with van der Waals surface area (Å²) in [4.78, 5) is 0. The molecule has 1 aromatic rings. The monoisotopic (exact) mass is 245 g/mol. The van der Waals surface area contributed by atoms with Crippen LogP contribution in [0.3, 0.4) is 0 Å². The summed E-state index contributed by atoms with van der Waals surface area (Å²) >= 11 is 0. The molecule has 1 aromatic carbocycles. The van der Waals surface area contributed by atoms with Gasteiger partial charge >= 0.3 is 0 Å². The van der Waals surface area contributed by atoms with E-state index < -0.39 is 15.9 Å². The number of hydrogen-bond donors (Lipinski definition) is 1. The lowest BCUT2D eigenvalue weighted by Gasteiger charge is -2.05. The first-order valence-electron chi connectivity index (χ1n) is 5.26. The number of hydrogen-bond acceptors (Lipinski definition) is 3. The smallest absolute Gasteiger partial charge is 0.0988 e. The molecule has 0 spiro atoms. The van der Waals surface area contributed by atoms with Gasteiger partial charge < -0.3 is 10.3 Å². The number of quaternary nitrogens is 1. The van der Waals surface area contributed by atoms with Crippen molar-refractivity contribution < 1.29 is 18.7 Å². The maximum absolute atomic E-state index is 10.2. The van der Waals surface area contributed by atoms with Gasteiger partial charge in [-0.3, -0.25) is 0 Å². The minimum Gasteiger partial charge on any atom is -0.748 e. The molecule has 0 amide bonds. The van der Waals surface area contributed by atoms with Crippen molar-refractivity contribution in [3.63, 3.8) is 0 Å². The molecule has 0 radical (unpaired) electrons. The highest BCUT2D eigenvalue weighted by Gasteiger charge is 1.95. The maximum atomic E-state index is 10.2. The van der Waals surface area contributed by atoms with Crippen LogP contribution in [-0.2, 0) is 15.9 Å². The van der Waals surface area contributed by atoms with Gasteiger partial charge in [-0.05, 0) is 12.0 Å². The van der Waals surface area contributed by atoms with Crippen LogP contribution in [0.15, 0.2) is 30.3 Å². The van der Waals surface area contributed by atoms with E-state index in [-0.39, 0.29) is 0 Å². The topological polar surface area (TPSA) is 84.8 Å². The van der Waals surface area contributed by atoms with Crippen molar-refractivity contribution in [3.05, 3.63) is 35.9 Å². The molecule has 0 aliphatic rings. The Labute approximate surface area is 97.2 Å². The first-order valence-corrected chi connectivity index (χ1v) is 6.84. The summed E-state index contributed by atoms with van der Waals surface area (Å²) in [5.41, 5.74) is 4.21. The van der Waals surface area contributed by atoms with Gasteiger partial charge in [0, 0.05) is 0 Å². The SMILES string of the molecule is CCCC[NH3+].O=S(=O)([O-])Cc1ccccc1. The molecular weight excluding hydrogens is 226 g/mol. The predicted molar refractivity (Wildman–Crippen MR) is 62.5 cm³/mol. The fourth-order valence-electron chi connectivity index (χ4n) is 1.03. The molecule has 0 saturated carbocycles. The Hall–Kier alpha value is -0.910. The van der Waals surface area contributed by atoms with Crippen molar-refractivity contribution in [2.24, 2.45) is 0 Å². The van der Waals surface area contributed by atoms with E-state index in [1.807, 2.05) is 0 Å². The van der Waals surface area contributed by atoms with Gasteiger partial charge in [0.25, 0.3) is 0 Å². The molecular formula is C11H19NO3S. The number of benzene rings is 1. The van der Waals surface area contributed by atoms with Crippen LogP contribution in [0, 0.1) is 0 Å². The lowest BCUT2D eigenvalue weighted by molar-refractivity contribution is -0.368. The molecule has 4 nitrogen and oxygen atoms in total. The van der Waals surface area contributed by atoms with Crippen LogP contribution in [0.2, 0.25) is 0 Å². The maximum Gasteiger partial charge on any atom is 0.0988 e. The average Bonchev–Trinajstić information content (AvgIpc) is 2.19. The van der Waals surface area contributed by atoms with Gasteiger partial charge in [0.1, 0.15) is 0 Å². The van der Waals surface area contributed by atoms with Crippen LogP contribution in [0.5, 0.6) is 0 Å². The summed E-state index contributed by atoms with van der Waals surface area (Å²) < 4.78 is 30.7. The molecule has 5 heteroatoms. The second-order valence-electron chi connectivity index (χ2n) is 3.39. The zero-order chi connectivity index (χ0) is 12.4. The molecule has 16 heavy (non-hydrogen) atoms. The van der Waals surface area contributed by atoms with Gasteiger partial charge in [-0.15, -0.1) is 0 Å². The van der Waals surface area contributed by atoms with Gasteiger partial charge in [0.05, 0.1) is 22.4 Å². The Balaban J connectivity index is 0.000000385. The Morgan fingerprint density at radius 2 is 1.81 bits per heavy atom. The molecule has 92 valence electrons. The Bertz CT molecular complexity index is 360. The normalized spacial score (nSPS) is 10.4. The Kier molecular flexibility index (Phi) is 7.80. The molecule has 0 aromatic heterocycles. The van der Waals surface area contributed by atoms with E-state index in [4.69, 9.17) is 0 Å². The Morgan fingerprint density at radius 3 is 2.12 bits per heavy atom. The first kappa shape index (κ1) is 15.1. The average molecular weight is 245 g/mol. The van der Waals surface area contributed by atoms with Gasteiger partial charge in [0.15, 0.2) is 0 Å². The second-order valence-corrected chi connectivity index (χ2v) is 4.80. The third-order valence-electron chi connectivity index (χ3n) is 1.79. The highest BCUT2D eigenvalue weighted by Crippen LogP contribution is 2.02. The second kappa shape index (κ2) is 8.27. The molecule has 0 aliphatic carbocycles. The molecule has 0 atom stereocenters. The zero-order valence-electron chi connectivity index (χ0n) is 9.56. The van der Waals surface area contributed by atoms with E-state index in [1.54, 1.807) is 30.3 Å². The van der Waals surface area contributed by atoms with Crippen LogP contribution in [0.25, 0.3) is 0 Å². The lowest BCUT2D eigenvalue weighted by atomic mass is 10.2. The summed E-state index contributed by atoms with van der Waals surface area (Å²) in [6.07, 6.45) is 2.56. The van der Waals surface area contributed by atoms with Crippen molar-refractivity contribution >= 4 is 10.1 Å². The zero-order valence-corrected chi connectivity index (χ0v) is 10.4. The Morgan fingerprint density at radius 1 is 1.25 bits per heavy atom. The first-order chi connectivity index (χ1) is 7.49. The van der Waals surface area contributed by atoms with Gasteiger partial charge in [-0.2, -0.15) is 0 Å². The van der Waals surface area contributed by atoms with Crippen LogP contribution >= 0.6 is 0 Å².